The molecule has 1 saturated heterocycles. The van der Waals surface area contributed by atoms with Gasteiger partial charge in [-0.25, -0.2) is 4.79 Å². The van der Waals surface area contributed by atoms with Crippen molar-refractivity contribution < 1.29 is 14.3 Å². The molecule has 3 rings (SSSR count). The Bertz CT molecular complexity index is 807. The molecule has 9 nitrogen and oxygen atoms in total. The van der Waals surface area contributed by atoms with Crippen LogP contribution < -0.4 is 15.5 Å². The van der Waals surface area contributed by atoms with E-state index in [1.807, 2.05) is 34.9 Å². The van der Waals surface area contributed by atoms with E-state index in [4.69, 9.17) is 4.74 Å². The average molecular weight is 404 g/mol. The molecule has 2 aromatic rings. The highest BCUT2D eigenvalue weighted by Gasteiger charge is 2.25. The van der Waals surface area contributed by atoms with Crippen molar-refractivity contribution in [3.05, 3.63) is 30.3 Å². The van der Waals surface area contributed by atoms with Crippen LogP contribution in [0.25, 0.3) is 5.69 Å². The molecule has 28 heavy (non-hydrogen) atoms. The normalized spacial score (nSPS) is 15.1. The van der Waals surface area contributed by atoms with Crippen LogP contribution in [0.15, 0.2) is 35.5 Å². The van der Waals surface area contributed by atoms with Gasteiger partial charge in [0, 0.05) is 19.6 Å². The molecular formula is C18H24N6O3S. The summed E-state index contributed by atoms with van der Waals surface area (Å²) in [5.41, 5.74) is 0.910. The number of carbonyl (C=O) groups excluding carboxylic acids is 2. The van der Waals surface area contributed by atoms with E-state index in [0.29, 0.717) is 30.9 Å². The lowest BCUT2D eigenvalue weighted by atomic mass is 10.3. The number of hydrogen-bond acceptors (Lipinski definition) is 7. The van der Waals surface area contributed by atoms with Crippen LogP contribution in [0.1, 0.15) is 13.8 Å². The van der Waals surface area contributed by atoms with Crippen molar-refractivity contribution >= 4 is 29.6 Å². The van der Waals surface area contributed by atoms with E-state index in [9.17, 15) is 9.59 Å². The summed E-state index contributed by atoms with van der Waals surface area (Å²) in [7, 11) is 0. The van der Waals surface area contributed by atoms with Gasteiger partial charge in [0.2, 0.25) is 11.9 Å². The first-order valence-electron chi connectivity index (χ1n) is 9.19. The molecule has 0 aliphatic carbocycles. The van der Waals surface area contributed by atoms with Gasteiger partial charge in [0.05, 0.1) is 24.2 Å². The third kappa shape index (κ3) is 4.82. The Labute approximate surface area is 167 Å². The second-order valence-electron chi connectivity index (χ2n) is 6.16. The molecule has 1 aliphatic rings. The average Bonchev–Trinajstić information content (AvgIpc) is 3.13. The molecule has 0 bridgehead atoms. The minimum atomic E-state index is -0.521. The predicted molar refractivity (Wildman–Crippen MR) is 107 cm³/mol. The molecule has 10 heteroatoms. The smallest absolute Gasteiger partial charge is 0.321 e. The Hall–Kier alpha value is -2.59. The van der Waals surface area contributed by atoms with Crippen LogP contribution in [-0.2, 0) is 9.53 Å². The summed E-state index contributed by atoms with van der Waals surface area (Å²) in [5, 5.41) is 13.6. The lowest BCUT2D eigenvalue weighted by Crippen LogP contribution is -2.42. The number of morpholine rings is 1. The third-order valence-electron chi connectivity index (χ3n) is 4.15. The number of amides is 3. The number of aromatic nitrogens is 3. The fourth-order valence-electron chi connectivity index (χ4n) is 2.74. The molecule has 1 unspecified atom stereocenters. The van der Waals surface area contributed by atoms with E-state index < -0.39 is 11.3 Å². The summed E-state index contributed by atoms with van der Waals surface area (Å²) in [6.45, 7) is 6.69. The molecule has 1 aliphatic heterocycles. The molecule has 1 fully saturated rings. The molecule has 0 saturated carbocycles. The SMILES string of the molecule is CCNC(=O)NC(=O)C(C)Sc1nnc(N2CCOCC2)n1-c1ccccc1. The zero-order chi connectivity index (χ0) is 19.9. The number of rotatable bonds is 6. The van der Waals surface area contributed by atoms with E-state index in [-0.39, 0.29) is 5.91 Å². The van der Waals surface area contributed by atoms with Gasteiger partial charge in [-0.2, -0.15) is 0 Å². The first-order valence-corrected chi connectivity index (χ1v) is 10.1. The Morgan fingerprint density at radius 1 is 1.21 bits per heavy atom. The molecule has 0 spiro atoms. The van der Waals surface area contributed by atoms with Crippen molar-refractivity contribution in [2.75, 3.05) is 37.7 Å². The summed E-state index contributed by atoms with van der Waals surface area (Å²) in [5.74, 6) is 0.333. The van der Waals surface area contributed by atoms with Gasteiger partial charge in [0.15, 0.2) is 5.16 Å². The lowest BCUT2D eigenvalue weighted by molar-refractivity contribution is -0.119. The molecular weight excluding hydrogens is 380 g/mol. The van der Waals surface area contributed by atoms with Crippen molar-refractivity contribution in [1.82, 2.24) is 25.4 Å². The van der Waals surface area contributed by atoms with Crippen LogP contribution in [0, 0.1) is 0 Å². The molecule has 2 N–H and O–H groups in total. The number of ether oxygens (including phenoxy) is 1. The third-order valence-corrected chi connectivity index (χ3v) is 5.19. The highest BCUT2D eigenvalue weighted by Crippen LogP contribution is 2.29. The summed E-state index contributed by atoms with van der Waals surface area (Å²) in [6, 6.07) is 9.26. The topological polar surface area (TPSA) is 101 Å². The number of benzene rings is 1. The number of urea groups is 1. The van der Waals surface area contributed by atoms with Gasteiger partial charge in [-0.1, -0.05) is 30.0 Å². The summed E-state index contributed by atoms with van der Waals surface area (Å²) >= 11 is 1.26. The highest BCUT2D eigenvalue weighted by atomic mass is 32.2. The van der Waals surface area contributed by atoms with Crippen molar-refractivity contribution in [3.63, 3.8) is 0 Å². The largest absolute Gasteiger partial charge is 0.378 e. The molecule has 0 radical (unpaired) electrons. The summed E-state index contributed by atoms with van der Waals surface area (Å²) in [4.78, 5) is 26.0. The molecule has 3 amide bonds. The molecule has 2 heterocycles. The standard InChI is InChI=1S/C18H24N6O3S/c1-3-19-16(26)20-15(25)13(2)28-18-22-21-17(23-9-11-27-12-10-23)24(18)14-7-5-4-6-8-14/h4-8,13H,3,9-12H2,1-2H3,(H2,19,20,25,26). The number of hydrogen-bond donors (Lipinski definition) is 2. The summed E-state index contributed by atoms with van der Waals surface area (Å²) < 4.78 is 7.37. The van der Waals surface area contributed by atoms with Crippen molar-refractivity contribution in [2.24, 2.45) is 0 Å². The fraction of sp³-hybridized carbons (Fsp3) is 0.444. The Morgan fingerprint density at radius 2 is 1.93 bits per heavy atom. The van der Waals surface area contributed by atoms with Crippen LogP contribution in [0.4, 0.5) is 10.7 Å². The van der Waals surface area contributed by atoms with E-state index in [1.165, 1.54) is 11.8 Å². The molecule has 1 atom stereocenters. The summed E-state index contributed by atoms with van der Waals surface area (Å²) in [6.07, 6.45) is 0. The van der Waals surface area contributed by atoms with E-state index >= 15 is 0 Å². The van der Waals surface area contributed by atoms with Gasteiger partial charge < -0.3 is 15.0 Å². The number of imide groups is 1. The first-order chi connectivity index (χ1) is 13.6. The van der Waals surface area contributed by atoms with Gasteiger partial charge in [-0.05, 0) is 26.0 Å². The van der Waals surface area contributed by atoms with Crippen molar-refractivity contribution in [3.8, 4) is 5.69 Å². The van der Waals surface area contributed by atoms with Crippen molar-refractivity contribution in [2.45, 2.75) is 24.3 Å². The number of para-hydroxylation sites is 1. The fourth-order valence-corrected chi connectivity index (χ4v) is 3.60. The van der Waals surface area contributed by atoms with Crippen LogP contribution in [0.5, 0.6) is 0 Å². The van der Waals surface area contributed by atoms with Gasteiger partial charge in [0.1, 0.15) is 0 Å². The highest BCUT2D eigenvalue weighted by molar-refractivity contribution is 8.00. The zero-order valence-corrected chi connectivity index (χ0v) is 16.7. The second kappa shape index (κ2) is 9.56. The number of carbonyl (C=O) groups is 2. The van der Waals surface area contributed by atoms with Crippen LogP contribution in [-0.4, -0.2) is 64.8 Å². The molecule has 1 aromatic carbocycles. The Kier molecular flexibility index (Phi) is 6.88. The molecule has 1 aromatic heterocycles. The number of nitrogens with zero attached hydrogens (tertiary/aromatic N) is 4. The van der Waals surface area contributed by atoms with Crippen LogP contribution in [0.3, 0.4) is 0 Å². The monoisotopic (exact) mass is 404 g/mol. The maximum Gasteiger partial charge on any atom is 0.321 e. The van der Waals surface area contributed by atoms with Crippen LogP contribution >= 0.6 is 11.8 Å². The number of nitrogens with one attached hydrogen (secondary N) is 2. The quantitative estimate of drug-likeness (QED) is 0.702. The van der Waals surface area contributed by atoms with E-state index in [2.05, 4.69) is 25.7 Å². The zero-order valence-electron chi connectivity index (χ0n) is 15.9. The first kappa shape index (κ1) is 20.2. The van der Waals surface area contributed by atoms with Crippen molar-refractivity contribution in [1.29, 1.82) is 0 Å². The number of thioether (sulfide) groups is 1. The lowest BCUT2D eigenvalue weighted by Gasteiger charge is -2.28. The Morgan fingerprint density at radius 3 is 2.61 bits per heavy atom. The maximum atomic E-state index is 12.3. The maximum absolute atomic E-state index is 12.3. The van der Waals surface area contributed by atoms with Gasteiger partial charge in [-0.3, -0.25) is 14.7 Å². The van der Waals surface area contributed by atoms with E-state index in [0.717, 1.165) is 18.8 Å². The molecule has 150 valence electrons. The second-order valence-corrected chi connectivity index (χ2v) is 7.47. The van der Waals surface area contributed by atoms with E-state index in [1.54, 1.807) is 13.8 Å². The van der Waals surface area contributed by atoms with Gasteiger partial charge in [0.25, 0.3) is 0 Å². The van der Waals surface area contributed by atoms with Gasteiger partial charge in [-0.15, -0.1) is 10.2 Å². The number of anilines is 1. The van der Waals surface area contributed by atoms with Gasteiger partial charge >= 0.3 is 6.03 Å². The Balaban J connectivity index is 1.83. The predicted octanol–water partition coefficient (Wildman–Crippen LogP) is 1.43. The minimum Gasteiger partial charge on any atom is -0.378 e. The minimum absolute atomic E-state index is 0.383. The van der Waals surface area contributed by atoms with Crippen LogP contribution in [0.2, 0.25) is 0 Å².